The van der Waals surface area contributed by atoms with Crippen LogP contribution >= 0.6 is 11.6 Å². The maximum Gasteiger partial charge on any atom is 0.312 e. The van der Waals surface area contributed by atoms with Crippen LogP contribution in [0.25, 0.3) is 0 Å². The van der Waals surface area contributed by atoms with Crippen LogP contribution in [0.4, 0.5) is 5.69 Å². The molecule has 1 aromatic carbocycles. The Kier molecular flexibility index (Phi) is 5.42. The van der Waals surface area contributed by atoms with E-state index in [9.17, 15) is 23.6 Å². The third-order valence-electron chi connectivity index (χ3n) is 3.50. The molecule has 0 saturated carbocycles. The van der Waals surface area contributed by atoms with E-state index in [-0.39, 0.29) is 11.1 Å². The predicted molar refractivity (Wildman–Crippen MR) is 81.7 cm³/mol. The zero-order valence-corrected chi connectivity index (χ0v) is 13.8. The fourth-order valence-electron chi connectivity index (χ4n) is 2.46. The van der Waals surface area contributed by atoms with Crippen LogP contribution in [0, 0.1) is 10.1 Å². The lowest BCUT2D eigenvalue weighted by atomic mass is 10.2. The molecule has 0 radical (unpaired) electrons. The summed E-state index contributed by atoms with van der Waals surface area (Å²) in [6, 6.07) is 1.85. The van der Waals surface area contributed by atoms with E-state index in [0.29, 0.717) is 13.2 Å². The average molecular weight is 366 g/mol. The third-order valence-corrected chi connectivity index (χ3v) is 5.35. The Morgan fingerprint density at radius 3 is 2.87 bits per heavy atom. The molecule has 2 N–H and O–H groups in total. The molecular weight excluding hydrogens is 350 g/mol. The average Bonchev–Trinajstić information content (AvgIpc) is 2.85. The summed E-state index contributed by atoms with van der Waals surface area (Å²) in [6.07, 6.45) is 1.51. The molecule has 9 nitrogen and oxygen atoms in total. The first kappa shape index (κ1) is 17.9. The molecule has 11 heteroatoms. The number of rotatable bonds is 6. The van der Waals surface area contributed by atoms with Crippen LogP contribution in [0.5, 0.6) is 5.75 Å². The number of nitrogens with zero attached hydrogens (tertiary/aromatic N) is 2. The molecule has 0 bridgehead atoms. The highest BCUT2D eigenvalue weighted by Gasteiger charge is 2.33. The van der Waals surface area contributed by atoms with E-state index < -0.39 is 31.3 Å². The van der Waals surface area contributed by atoms with Crippen molar-refractivity contribution in [1.82, 2.24) is 9.84 Å². The zero-order chi connectivity index (χ0) is 17.2. The highest BCUT2D eigenvalue weighted by Crippen LogP contribution is 2.38. The van der Waals surface area contributed by atoms with Gasteiger partial charge >= 0.3 is 5.69 Å². The van der Waals surface area contributed by atoms with Gasteiger partial charge in [0.2, 0.25) is 5.75 Å². The largest absolute Gasteiger partial charge is 0.501 e. The number of hydrazine groups is 1. The second-order valence-corrected chi connectivity index (χ2v) is 7.05. The van der Waals surface area contributed by atoms with E-state index in [1.54, 1.807) is 0 Å². The minimum atomic E-state index is -4.28. The lowest BCUT2D eigenvalue weighted by Gasteiger charge is -2.24. The van der Waals surface area contributed by atoms with Crippen molar-refractivity contribution < 1.29 is 23.2 Å². The SMILES string of the molecule is COCC1CCCN1NS(=O)(=O)c1c(Cl)ccc([N+](=O)[O-])c1O. The van der Waals surface area contributed by atoms with Gasteiger partial charge in [-0.2, -0.15) is 0 Å². The van der Waals surface area contributed by atoms with E-state index in [2.05, 4.69) is 4.83 Å². The number of aromatic hydroxyl groups is 1. The summed E-state index contributed by atoms with van der Waals surface area (Å²) in [4.78, 5) is 11.6. The number of hydrogen-bond acceptors (Lipinski definition) is 7. The lowest BCUT2D eigenvalue weighted by Crippen LogP contribution is -2.46. The van der Waals surface area contributed by atoms with Gasteiger partial charge < -0.3 is 9.84 Å². The number of nitro groups is 1. The van der Waals surface area contributed by atoms with Gasteiger partial charge in [-0.15, -0.1) is 4.83 Å². The fourth-order valence-corrected chi connectivity index (χ4v) is 4.24. The van der Waals surface area contributed by atoms with E-state index in [1.807, 2.05) is 0 Å². The van der Waals surface area contributed by atoms with E-state index >= 15 is 0 Å². The Hall–Kier alpha value is -1.46. The molecule has 0 spiro atoms. The van der Waals surface area contributed by atoms with Crippen molar-refractivity contribution in [1.29, 1.82) is 0 Å². The topological polar surface area (TPSA) is 122 Å². The first-order valence-electron chi connectivity index (χ1n) is 6.72. The number of halogens is 1. The van der Waals surface area contributed by atoms with Crippen molar-refractivity contribution in [3.8, 4) is 5.75 Å². The monoisotopic (exact) mass is 365 g/mol. The van der Waals surface area contributed by atoms with Crippen molar-refractivity contribution >= 4 is 27.3 Å². The number of phenols is 1. The molecule has 0 aromatic heterocycles. The van der Waals surface area contributed by atoms with Crippen molar-refractivity contribution in [3.63, 3.8) is 0 Å². The van der Waals surface area contributed by atoms with Gasteiger partial charge in [-0.3, -0.25) is 10.1 Å². The number of nitrogens with one attached hydrogen (secondary N) is 1. The van der Waals surface area contributed by atoms with Gasteiger partial charge in [-0.1, -0.05) is 11.6 Å². The van der Waals surface area contributed by atoms with Crippen molar-refractivity contribution in [2.24, 2.45) is 0 Å². The minimum Gasteiger partial charge on any atom is -0.501 e. The molecule has 0 amide bonds. The molecule has 1 aliphatic heterocycles. The first-order chi connectivity index (χ1) is 10.8. The van der Waals surface area contributed by atoms with Gasteiger partial charge in [0.15, 0.2) is 4.90 Å². The van der Waals surface area contributed by atoms with E-state index in [4.69, 9.17) is 16.3 Å². The third kappa shape index (κ3) is 3.72. The van der Waals surface area contributed by atoms with Crippen LogP contribution in [-0.2, 0) is 14.8 Å². The molecule has 1 heterocycles. The number of benzene rings is 1. The summed E-state index contributed by atoms with van der Waals surface area (Å²) in [6.45, 7) is 0.789. The van der Waals surface area contributed by atoms with E-state index in [1.165, 1.54) is 12.1 Å². The molecule has 1 unspecified atom stereocenters. The van der Waals surface area contributed by atoms with Crippen molar-refractivity contribution in [3.05, 3.63) is 27.3 Å². The highest BCUT2D eigenvalue weighted by molar-refractivity contribution is 7.89. The van der Waals surface area contributed by atoms with Gasteiger partial charge in [0.1, 0.15) is 0 Å². The molecule has 1 atom stereocenters. The lowest BCUT2D eigenvalue weighted by molar-refractivity contribution is -0.386. The van der Waals surface area contributed by atoms with Crippen LogP contribution < -0.4 is 4.83 Å². The maximum atomic E-state index is 12.5. The van der Waals surface area contributed by atoms with Crippen molar-refractivity contribution in [2.45, 2.75) is 23.8 Å². The Bertz CT molecular complexity index is 711. The second kappa shape index (κ2) is 6.97. The number of phenolic OH excluding ortho intramolecular Hbond substituents is 1. The molecule has 1 fully saturated rings. The Morgan fingerprint density at radius 1 is 1.57 bits per heavy atom. The summed E-state index contributed by atoms with van der Waals surface area (Å²) in [5, 5.41) is 21.9. The van der Waals surface area contributed by atoms with Gasteiger partial charge in [-0.25, -0.2) is 13.4 Å². The molecular formula is C12H16ClN3O6S. The molecule has 2 rings (SSSR count). The van der Waals surface area contributed by atoms with Crippen molar-refractivity contribution in [2.75, 3.05) is 20.3 Å². The summed E-state index contributed by atoms with van der Waals surface area (Å²) < 4.78 is 30.0. The van der Waals surface area contributed by atoms with Gasteiger partial charge in [0.05, 0.1) is 16.6 Å². The summed E-state index contributed by atoms with van der Waals surface area (Å²) in [7, 11) is -2.77. The number of hydrogen-bond donors (Lipinski definition) is 2. The zero-order valence-electron chi connectivity index (χ0n) is 12.2. The Labute approximate surface area is 138 Å². The highest BCUT2D eigenvalue weighted by atomic mass is 35.5. The standard InChI is InChI=1S/C12H16ClN3O6S/c1-22-7-8-3-2-6-15(8)14-23(20,21)12-9(13)4-5-10(11(12)17)16(18)19/h4-5,8,14,17H,2-3,6-7H2,1H3. The molecule has 1 aromatic rings. The molecule has 1 saturated heterocycles. The van der Waals surface area contributed by atoms with Gasteiger partial charge in [0.25, 0.3) is 10.0 Å². The Balaban J connectivity index is 2.36. The number of nitro benzene ring substituents is 1. The van der Waals surface area contributed by atoms with Crippen LogP contribution in [0.1, 0.15) is 12.8 Å². The summed E-state index contributed by atoms with van der Waals surface area (Å²) >= 11 is 5.83. The van der Waals surface area contributed by atoms with E-state index in [0.717, 1.165) is 25.0 Å². The van der Waals surface area contributed by atoms with Crippen LogP contribution in [0.2, 0.25) is 5.02 Å². The van der Waals surface area contributed by atoms with Crippen LogP contribution in [-0.4, -0.2) is 49.8 Å². The Morgan fingerprint density at radius 2 is 2.26 bits per heavy atom. The number of sulfonamides is 1. The summed E-state index contributed by atoms with van der Waals surface area (Å²) in [5.74, 6) is -0.988. The molecule has 23 heavy (non-hydrogen) atoms. The first-order valence-corrected chi connectivity index (χ1v) is 8.58. The van der Waals surface area contributed by atoms with Gasteiger partial charge in [-0.05, 0) is 18.9 Å². The minimum absolute atomic E-state index is 0.158. The van der Waals surface area contributed by atoms with Gasteiger partial charge in [0, 0.05) is 25.8 Å². The number of ether oxygens (including phenoxy) is 1. The van der Waals surface area contributed by atoms with Crippen LogP contribution in [0.3, 0.4) is 0 Å². The quantitative estimate of drug-likeness (QED) is 0.574. The fraction of sp³-hybridized carbons (Fsp3) is 0.500. The molecule has 1 aliphatic rings. The molecule has 0 aliphatic carbocycles. The molecule has 128 valence electrons. The number of methoxy groups -OCH3 is 1. The summed E-state index contributed by atoms with van der Waals surface area (Å²) in [5.41, 5.74) is -0.732. The smallest absolute Gasteiger partial charge is 0.312 e. The second-order valence-electron chi connectivity index (χ2n) is 5.04. The van der Waals surface area contributed by atoms with Crippen LogP contribution in [0.15, 0.2) is 17.0 Å². The normalized spacial score (nSPS) is 19.1. The maximum absolute atomic E-state index is 12.5. The predicted octanol–water partition coefficient (Wildman–Crippen LogP) is 1.26.